The fraction of sp³-hybridized carbons (Fsp3) is 0.769. The summed E-state index contributed by atoms with van der Waals surface area (Å²) in [5.74, 6) is 5.86. The molecule has 0 saturated carbocycles. The molecule has 1 aromatic heterocycles. The van der Waals surface area contributed by atoms with Gasteiger partial charge in [0, 0.05) is 12.6 Å². The Balaban J connectivity index is 3.20. The van der Waals surface area contributed by atoms with E-state index in [4.69, 9.17) is 10.6 Å². The number of halogens is 1. The number of rotatable bonds is 8. The van der Waals surface area contributed by atoms with E-state index in [1.807, 2.05) is 4.68 Å². The molecular formula is C13H26BrN5O. The van der Waals surface area contributed by atoms with Gasteiger partial charge in [-0.15, -0.1) is 0 Å². The van der Waals surface area contributed by atoms with Gasteiger partial charge in [0.25, 0.3) is 0 Å². The molecule has 0 aliphatic rings. The van der Waals surface area contributed by atoms with Gasteiger partial charge in [-0.3, -0.25) is 10.5 Å². The second-order valence-electron chi connectivity index (χ2n) is 5.30. The van der Waals surface area contributed by atoms with Gasteiger partial charge in [0.15, 0.2) is 0 Å². The maximum Gasteiger partial charge on any atom is 0.0820 e. The molecule has 20 heavy (non-hydrogen) atoms. The average Bonchev–Trinajstić information content (AvgIpc) is 2.78. The Kier molecular flexibility index (Phi) is 6.60. The molecule has 2 unspecified atom stereocenters. The van der Waals surface area contributed by atoms with Gasteiger partial charge >= 0.3 is 0 Å². The first-order valence-corrected chi connectivity index (χ1v) is 7.55. The van der Waals surface area contributed by atoms with Crippen LogP contribution in [0.3, 0.4) is 0 Å². The number of aromatic nitrogens is 2. The van der Waals surface area contributed by atoms with E-state index < -0.39 is 0 Å². The third-order valence-corrected chi connectivity index (χ3v) is 4.75. The SMILES string of the molecule is CCC(C)(C(NN)c1c(Br)cnn1CCOC)N(C)C. The Labute approximate surface area is 129 Å². The number of nitrogens with zero attached hydrogens (tertiary/aromatic N) is 3. The molecule has 0 aliphatic heterocycles. The normalized spacial score (nSPS) is 16.4. The lowest BCUT2D eigenvalue weighted by Crippen LogP contribution is -2.53. The Hall–Kier alpha value is -0.470. The first-order valence-electron chi connectivity index (χ1n) is 6.76. The highest BCUT2D eigenvalue weighted by Gasteiger charge is 2.38. The molecule has 0 spiro atoms. The van der Waals surface area contributed by atoms with Crippen LogP contribution < -0.4 is 11.3 Å². The molecular weight excluding hydrogens is 322 g/mol. The van der Waals surface area contributed by atoms with Gasteiger partial charge in [-0.2, -0.15) is 5.10 Å². The standard InChI is InChI=1S/C13H26BrN5O/c1-6-13(2,18(3)4)12(17-15)11-10(14)9-16-19(11)7-8-20-5/h9,12,17H,6-8,15H2,1-5H3. The van der Waals surface area contributed by atoms with Crippen molar-refractivity contribution in [3.05, 3.63) is 16.4 Å². The summed E-state index contributed by atoms with van der Waals surface area (Å²) in [4.78, 5) is 2.19. The van der Waals surface area contributed by atoms with Crippen LogP contribution in [0.4, 0.5) is 0 Å². The highest BCUT2D eigenvalue weighted by atomic mass is 79.9. The summed E-state index contributed by atoms with van der Waals surface area (Å²) in [5, 5.41) is 4.40. The molecule has 0 radical (unpaired) electrons. The molecule has 7 heteroatoms. The fourth-order valence-electron chi connectivity index (χ4n) is 2.35. The lowest BCUT2D eigenvalue weighted by Gasteiger charge is -2.42. The van der Waals surface area contributed by atoms with Gasteiger partial charge in [-0.1, -0.05) is 6.92 Å². The van der Waals surface area contributed by atoms with E-state index in [2.05, 4.69) is 59.3 Å². The molecule has 1 heterocycles. The van der Waals surface area contributed by atoms with Crippen LogP contribution >= 0.6 is 15.9 Å². The number of methoxy groups -OCH3 is 1. The minimum absolute atomic E-state index is 0.0452. The van der Waals surface area contributed by atoms with Crippen molar-refractivity contribution in [1.29, 1.82) is 0 Å². The second kappa shape index (κ2) is 7.51. The van der Waals surface area contributed by atoms with Crippen molar-refractivity contribution in [2.75, 3.05) is 27.8 Å². The maximum atomic E-state index is 5.86. The van der Waals surface area contributed by atoms with E-state index in [0.717, 1.165) is 16.6 Å². The number of ether oxygens (including phenoxy) is 1. The van der Waals surface area contributed by atoms with Crippen LogP contribution in [0.15, 0.2) is 10.7 Å². The highest BCUT2D eigenvalue weighted by Crippen LogP contribution is 2.35. The molecule has 6 nitrogen and oxygen atoms in total. The molecule has 0 bridgehead atoms. The summed E-state index contributed by atoms with van der Waals surface area (Å²) in [7, 11) is 5.82. The van der Waals surface area contributed by atoms with Crippen LogP contribution in [0.1, 0.15) is 32.0 Å². The van der Waals surface area contributed by atoms with Crippen LogP contribution in [0.5, 0.6) is 0 Å². The molecule has 0 saturated heterocycles. The van der Waals surface area contributed by atoms with E-state index in [1.54, 1.807) is 13.3 Å². The predicted molar refractivity (Wildman–Crippen MR) is 84.3 cm³/mol. The Morgan fingerprint density at radius 2 is 2.25 bits per heavy atom. The van der Waals surface area contributed by atoms with Crippen LogP contribution in [0, 0.1) is 0 Å². The Morgan fingerprint density at radius 1 is 1.60 bits per heavy atom. The number of hydrogen-bond donors (Lipinski definition) is 2. The summed E-state index contributed by atoms with van der Waals surface area (Å²) < 4.78 is 8.04. The third-order valence-electron chi connectivity index (χ3n) is 4.14. The molecule has 116 valence electrons. The highest BCUT2D eigenvalue weighted by molar-refractivity contribution is 9.10. The molecule has 0 fully saturated rings. The molecule has 2 atom stereocenters. The zero-order chi connectivity index (χ0) is 15.3. The van der Waals surface area contributed by atoms with Crippen LogP contribution in [0.2, 0.25) is 0 Å². The minimum Gasteiger partial charge on any atom is -0.383 e. The van der Waals surface area contributed by atoms with Gasteiger partial charge in [0.2, 0.25) is 0 Å². The largest absolute Gasteiger partial charge is 0.383 e. The van der Waals surface area contributed by atoms with E-state index in [-0.39, 0.29) is 11.6 Å². The third kappa shape index (κ3) is 3.40. The van der Waals surface area contributed by atoms with E-state index in [9.17, 15) is 0 Å². The summed E-state index contributed by atoms with van der Waals surface area (Å²) in [6.45, 7) is 5.66. The van der Waals surface area contributed by atoms with Crippen LogP contribution in [-0.4, -0.2) is 48.0 Å². The topological polar surface area (TPSA) is 68.3 Å². The van der Waals surface area contributed by atoms with Crippen molar-refractivity contribution < 1.29 is 4.74 Å². The lowest BCUT2D eigenvalue weighted by atomic mass is 9.86. The van der Waals surface area contributed by atoms with Gasteiger partial charge in [0.05, 0.1) is 35.6 Å². The minimum atomic E-state index is -0.123. The predicted octanol–water partition coefficient (Wildman–Crippen LogP) is 1.53. The number of likely N-dealkylation sites (N-methyl/N-ethyl adjacent to an activating group) is 1. The smallest absolute Gasteiger partial charge is 0.0820 e. The average molecular weight is 348 g/mol. The van der Waals surface area contributed by atoms with Crippen molar-refractivity contribution in [1.82, 2.24) is 20.1 Å². The number of hydrazine groups is 1. The Morgan fingerprint density at radius 3 is 2.70 bits per heavy atom. The fourth-order valence-corrected chi connectivity index (χ4v) is 2.87. The zero-order valence-corrected chi connectivity index (χ0v) is 14.6. The quantitative estimate of drug-likeness (QED) is 0.551. The molecule has 0 aromatic carbocycles. The van der Waals surface area contributed by atoms with Crippen molar-refractivity contribution in [3.8, 4) is 0 Å². The van der Waals surface area contributed by atoms with Crippen molar-refractivity contribution in [2.45, 2.75) is 38.4 Å². The van der Waals surface area contributed by atoms with Crippen molar-refractivity contribution >= 4 is 15.9 Å². The van der Waals surface area contributed by atoms with Crippen molar-refractivity contribution in [2.24, 2.45) is 5.84 Å². The van der Waals surface area contributed by atoms with Crippen molar-refractivity contribution in [3.63, 3.8) is 0 Å². The maximum absolute atomic E-state index is 5.86. The molecule has 0 amide bonds. The monoisotopic (exact) mass is 347 g/mol. The van der Waals surface area contributed by atoms with Gasteiger partial charge < -0.3 is 9.64 Å². The van der Waals surface area contributed by atoms with Gasteiger partial charge in [0.1, 0.15) is 0 Å². The molecule has 1 aromatic rings. The number of nitrogens with two attached hydrogens (primary N) is 1. The van der Waals surface area contributed by atoms with E-state index in [1.165, 1.54) is 0 Å². The van der Waals surface area contributed by atoms with Gasteiger partial charge in [-0.05, 0) is 43.4 Å². The summed E-state index contributed by atoms with van der Waals surface area (Å²) in [6, 6.07) is -0.0452. The summed E-state index contributed by atoms with van der Waals surface area (Å²) >= 11 is 3.58. The summed E-state index contributed by atoms with van der Waals surface area (Å²) in [5.41, 5.74) is 3.88. The van der Waals surface area contributed by atoms with E-state index >= 15 is 0 Å². The first kappa shape index (κ1) is 17.6. The molecule has 3 N–H and O–H groups in total. The molecule has 1 rings (SSSR count). The van der Waals surface area contributed by atoms with Gasteiger partial charge in [-0.25, -0.2) is 5.43 Å². The van der Waals surface area contributed by atoms with Crippen LogP contribution in [-0.2, 0) is 11.3 Å². The number of nitrogens with one attached hydrogen (secondary N) is 1. The molecule has 0 aliphatic carbocycles. The number of hydrogen-bond acceptors (Lipinski definition) is 5. The Bertz CT molecular complexity index is 423. The van der Waals surface area contributed by atoms with Crippen LogP contribution in [0.25, 0.3) is 0 Å². The summed E-state index contributed by atoms with van der Waals surface area (Å²) in [6.07, 6.45) is 2.76. The van der Waals surface area contributed by atoms with E-state index in [0.29, 0.717) is 13.2 Å². The lowest BCUT2D eigenvalue weighted by molar-refractivity contribution is 0.106. The first-order chi connectivity index (χ1) is 9.42. The second-order valence-corrected chi connectivity index (χ2v) is 6.15. The zero-order valence-electron chi connectivity index (χ0n) is 13.0.